The molecule has 0 aliphatic heterocycles. The van der Waals surface area contributed by atoms with E-state index >= 15 is 0 Å². The van der Waals surface area contributed by atoms with E-state index in [4.69, 9.17) is 21.1 Å². The van der Waals surface area contributed by atoms with E-state index in [2.05, 4.69) is 15.8 Å². The highest BCUT2D eigenvalue weighted by Crippen LogP contribution is 2.30. The van der Waals surface area contributed by atoms with Crippen LogP contribution in [0.15, 0.2) is 36.4 Å². The summed E-state index contributed by atoms with van der Waals surface area (Å²) in [6, 6.07) is 10.5. The van der Waals surface area contributed by atoms with Crippen molar-refractivity contribution >= 4 is 44.2 Å². The molecule has 0 atom stereocenters. The summed E-state index contributed by atoms with van der Waals surface area (Å²) in [6.07, 6.45) is 0. The van der Waals surface area contributed by atoms with Crippen LogP contribution in [0.4, 0.5) is 5.13 Å². The molecule has 0 aliphatic carbocycles. The Morgan fingerprint density at radius 3 is 2.67 bits per heavy atom. The second kappa shape index (κ2) is 6.94. The lowest BCUT2D eigenvalue weighted by Gasteiger charge is -2.10. The first-order valence-corrected chi connectivity index (χ1v) is 8.15. The molecule has 1 heterocycles. The van der Waals surface area contributed by atoms with E-state index < -0.39 is 0 Å². The second-order valence-electron chi connectivity index (χ2n) is 4.75. The topological polar surface area (TPSA) is 72.5 Å². The quantitative estimate of drug-likeness (QED) is 0.676. The number of amides is 1. The van der Waals surface area contributed by atoms with E-state index in [0.717, 1.165) is 4.70 Å². The van der Waals surface area contributed by atoms with Gasteiger partial charge in [0.2, 0.25) is 5.13 Å². The molecule has 0 saturated carbocycles. The summed E-state index contributed by atoms with van der Waals surface area (Å²) in [4.78, 5) is 16.6. The Morgan fingerprint density at radius 2 is 1.96 bits per heavy atom. The highest BCUT2D eigenvalue weighted by Gasteiger charge is 2.12. The van der Waals surface area contributed by atoms with Crippen LogP contribution in [0.2, 0.25) is 5.02 Å². The van der Waals surface area contributed by atoms with Gasteiger partial charge < -0.3 is 9.47 Å². The molecule has 8 heteroatoms. The van der Waals surface area contributed by atoms with Crippen molar-refractivity contribution in [3.63, 3.8) is 0 Å². The number of carbonyl (C=O) groups excluding carboxylic acids is 1. The van der Waals surface area contributed by atoms with Crippen molar-refractivity contribution in [1.29, 1.82) is 0 Å². The summed E-state index contributed by atoms with van der Waals surface area (Å²) in [5, 5.41) is 1.12. The van der Waals surface area contributed by atoms with Gasteiger partial charge in [0, 0.05) is 5.56 Å². The van der Waals surface area contributed by atoms with Crippen LogP contribution in [0.5, 0.6) is 11.5 Å². The maximum atomic E-state index is 12.2. The van der Waals surface area contributed by atoms with Crippen molar-refractivity contribution in [2.45, 2.75) is 0 Å². The predicted octanol–water partition coefficient (Wildman–Crippen LogP) is 3.72. The zero-order valence-electron chi connectivity index (χ0n) is 12.9. The highest BCUT2D eigenvalue weighted by molar-refractivity contribution is 7.22. The molecule has 1 amide bonds. The number of hydrogen-bond donors (Lipinski definition) is 2. The van der Waals surface area contributed by atoms with Crippen LogP contribution in [0.25, 0.3) is 10.2 Å². The van der Waals surface area contributed by atoms with Crippen molar-refractivity contribution in [2.24, 2.45) is 0 Å². The number of para-hydroxylation sites is 1. The van der Waals surface area contributed by atoms with E-state index in [0.29, 0.717) is 32.7 Å². The van der Waals surface area contributed by atoms with Crippen LogP contribution in [-0.2, 0) is 0 Å². The van der Waals surface area contributed by atoms with Gasteiger partial charge in [0.05, 0.1) is 23.9 Å². The number of benzene rings is 2. The number of anilines is 1. The fourth-order valence-electron chi connectivity index (χ4n) is 2.13. The van der Waals surface area contributed by atoms with Gasteiger partial charge in [-0.2, -0.15) is 0 Å². The van der Waals surface area contributed by atoms with Crippen molar-refractivity contribution in [2.75, 3.05) is 19.6 Å². The van der Waals surface area contributed by atoms with Crippen LogP contribution in [0.3, 0.4) is 0 Å². The molecule has 3 aromatic rings. The Morgan fingerprint density at radius 1 is 1.17 bits per heavy atom. The minimum Gasteiger partial charge on any atom is -0.493 e. The predicted molar refractivity (Wildman–Crippen MR) is 95.3 cm³/mol. The Hall–Kier alpha value is -2.51. The monoisotopic (exact) mass is 363 g/mol. The number of aromatic nitrogens is 1. The van der Waals surface area contributed by atoms with Crippen molar-refractivity contribution in [3.8, 4) is 11.5 Å². The van der Waals surface area contributed by atoms with E-state index in [1.54, 1.807) is 24.3 Å². The maximum Gasteiger partial charge on any atom is 0.269 e. The molecule has 0 bridgehead atoms. The molecule has 24 heavy (non-hydrogen) atoms. The summed E-state index contributed by atoms with van der Waals surface area (Å²) < 4.78 is 11.3. The number of halogens is 1. The summed E-state index contributed by atoms with van der Waals surface area (Å²) in [6.45, 7) is 0. The number of nitrogens with one attached hydrogen (secondary N) is 2. The van der Waals surface area contributed by atoms with E-state index in [1.807, 2.05) is 12.1 Å². The average Bonchev–Trinajstić information content (AvgIpc) is 3.03. The van der Waals surface area contributed by atoms with Crippen LogP contribution in [-0.4, -0.2) is 25.1 Å². The third-order valence-electron chi connectivity index (χ3n) is 3.30. The van der Waals surface area contributed by atoms with Gasteiger partial charge >= 0.3 is 0 Å². The number of hydrazine groups is 1. The van der Waals surface area contributed by atoms with Gasteiger partial charge in [-0.25, -0.2) is 4.98 Å². The van der Waals surface area contributed by atoms with Gasteiger partial charge in [-0.1, -0.05) is 29.0 Å². The number of fused-ring (bicyclic) bond motifs is 1. The van der Waals surface area contributed by atoms with Crippen molar-refractivity contribution in [1.82, 2.24) is 10.4 Å². The van der Waals surface area contributed by atoms with Gasteiger partial charge in [-0.05, 0) is 30.3 Å². The Balaban J connectivity index is 1.73. The number of rotatable bonds is 5. The highest BCUT2D eigenvalue weighted by atomic mass is 35.5. The SMILES string of the molecule is COc1ccc(C(=O)NNc2nc3c(Cl)cccc3s2)cc1OC. The summed E-state index contributed by atoms with van der Waals surface area (Å²) in [7, 11) is 3.06. The standard InChI is InChI=1S/C16H14ClN3O3S/c1-22-11-7-6-9(8-12(11)23-2)15(21)19-20-16-18-14-10(17)4-3-5-13(14)24-16/h3-8H,1-2H3,(H,18,20)(H,19,21). The van der Waals surface area contributed by atoms with E-state index in [9.17, 15) is 4.79 Å². The molecule has 0 radical (unpaired) electrons. The van der Waals surface area contributed by atoms with E-state index in [1.165, 1.54) is 25.6 Å². The summed E-state index contributed by atoms with van der Waals surface area (Å²) in [5.74, 6) is 0.723. The lowest BCUT2D eigenvalue weighted by molar-refractivity contribution is 0.0962. The molecular weight excluding hydrogens is 350 g/mol. The number of carbonyl (C=O) groups is 1. The first-order chi connectivity index (χ1) is 11.6. The molecule has 1 aromatic heterocycles. The average molecular weight is 364 g/mol. The molecule has 0 spiro atoms. The minimum atomic E-state index is -0.318. The van der Waals surface area contributed by atoms with Crippen LogP contribution < -0.4 is 20.3 Å². The van der Waals surface area contributed by atoms with Crippen molar-refractivity contribution in [3.05, 3.63) is 47.0 Å². The second-order valence-corrected chi connectivity index (χ2v) is 6.19. The number of thiazole rings is 1. The molecule has 0 unspecified atom stereocenters. The van der Waals surface area contributed by atoms with Gasteiger partial charge in [-0.15, -0.1) is 0 Å². The summed E-state index contributed by atoms with van der Waals surface area (Å²) in [5.41, 5.74) is 6.54. The Kier molecular flexibility index (Phi) is 4.73. The van der Waals surface area contributed by atoms with Gasteiger partial charge in [0.1, 0.15) is 5.52 Å². The van der Waals surface area contributed by atoms with Crippen LogP contribution >= 0.6 is 22.9 Å². The maximum absolute atomic E-state index is 12.2. The molecule has 3 rings (SSSR count). The molecule has 0 fully saturated rings. The molecule has 2 aromatic carbocycles. The first kappa shape index (κ1) is 16.4. The molecule has 6 nitrogen and oxygen atoms in total. The molecule has 0 saturated heterocycles. The fourth-order valence-corrected chi connectivity index (χ4v) is 3.25. The van der Waals surface area contributed by atoms with Crippen LogP contribution in [0.1, 0.15) is 10.4 Å². The normalized spacial score (nSPS) is 10.5. The fraction of sp³-hybridized carbons (Fsp3) is 0.125. The lowest BCUT2D eigenvalue weighted by Crippen LogP contribution is -2.29. The lowest BCUT2D eigenvalue weighted by atomic mass is 10.2. The zero-order chi connectivity index (χ0) is 17.1. The number of ether oxygens (including phenoxy) is 2. The summed E-state index contributed by atoms with van der Waals surface area (Å²) >= 11 is 7.49. The molecule has 124 valence electrons. The third-order valence-corrected chi connectivity index (χ3v) is 4.54. The number of methoxy groups -OCH3 is 2. The first-order valence-electron chi connectivity index (χ1n) is 6.96. The number of hydrogen-bond acceptors (Lipinski definition) is 6. The largest absolute Gasteiger partial charge is 0.493 e. The van der Waals surface area contributed by atoms with Crippen molar-refractivity contribution < 1.29 is 14.3 Å². The molecular formula is C16H14ClN3O3S. The van der Waals surface area contributed by atoms with Gasteiger partial charge in [0.25, 0.3) is 5.91 Å². The smallest absolute Gasteiger partial charge is 0.269 e. The molecule has 0 aliphatic rings. The zero-order valence-corrected chi connectivity index (χ0v) is 14.5. The Labute approximate surface area is 147 Å². The van der Waals surface area contributed by atoms with E-state index in [-0.39, 0.29) is 5.91 Å². The Bertz CT molecular complexity index is 897. The van der Waals surface area contributed by atoms with Gasteiger partial charge in [-0.3, -0.25) is 15.6 Å². The van der Waals surface area contributed by atoms with Crippen LogP contribution in [0, 0.1) is 0 Å². The number of nitrogens with zero attached hydrogens (tertiary/aromatic N) is 1. The van der Waals surface area contributed by atoms with Gasteiger partial charge in [0.15, 0.2) is 11.5 Å². The minimum absolute atomic E-state index is 0.318. The third kappa shape index (κ3) is 3.22. The molecule has 2 N–H and O–H groups in total.